The Morgan fingerprint density at radius 2 is 1.90 bits per heavy atom. The van der Waals surface area contributed by atoms with Gasteiger partial charge in [0.25, 0.3) is 0 Å². The number of aryl methyl sites for hydroxylation is 4. The van der Waals surface area contributed by atoms with Gasteiger partial charge in [-0.1, -0.05) is 67.6 Å². The lowest BCUT2D eigenvalue weighted by molar-refractivity contribution is -0.150. The van der Waals surface area contributed by atoms with Crippen LogP contribution >= 0.6 is 0 Å². The summed E-state index contributed by atoms with van der Waals surface area (Å²) in [5.74, 6) is -0.358. The maximum Gasteiger partial charge on any atom is 0.309 e. The van der Waals surface area contributed by atoms with E-state index in [9.17, 15) is 4.79 Å². The largest absolute Gasteiger partial charge is 0.461 e. The first-order valence-corrected chi connectivity index (χ1v) is 11.2. The highest BCUT2D eigenvalue weighted by atomic mass is 16.5. The van der Waals surface area contributed by atoms with Gasteiger partial charge >= 0.3 is 5.97 Å². The van der Waals surface area contributed by atoms with Crippen LogP contribution in [-0.4, -0.2) is 21.0 Å². The highest BCUT2D eigenvalue weighted by molar-refractivity contribution is 5.73. The predicted molar refractivity (Wildman–Crippen MR) is 123 cm³/mol. The van der Waals surface area contributed by atoms with E-state index >= 15 is 0 Å². The molecule has 31 heavy (non-hydrogen) atoms. The van der Waals surface area contributed by atoms with Gasteiger partial charge in [-0.25, -0.2) is 0 Å². The second-order valence-corrected chi connectivity index (χ2v) is 8.13. The number of hydrogen-bond donors (Lipinski definition) is 0. The zero-order chi connectivity index (χ0) is 22.2. The van der Waals surface area contributed by atoms with Crippen LogP contribution in [0.5, 0.6) is 0 Å². The van der Waals surface area contributed by atoms with Crippen molar-refractivity contribution in [3.05, 3.63) is 82.7 Å². The van der Waals surface area contributed by atoms with Gasteiger partial charge in [-0.15, -0.1) is 5.10 Å². The summed E-state index contributed by atoms with van der Waals surface area (Å²) >= 11 is 0. The Balaban J connectivity index is 1.77. The summed E-state index contributed by atoms with van der Waals surface area (Å²) in [6.07, 6.45) is 4.55. The number of carbonyl (C=O) groups is 1. The molecule has 0 spiro atoms. The van der Waals surface area contributed by atoms with Crippen LogP contribution in [0.1, 0.15) is 61.1 Å². The minimum atomic E-state index is -0.252. The molecule has 0 saturated carbocycles. The molecule has 3 rings (SSSR count). The molecule has 0 aliphatic rings. The third-order valence-electron chi connectivity index (χ3n) is 6.00. The monoisotopic (exact) mass is 419 g/mol. The van der Waals surface area contributed by atoms with E-state index in [4.69, 9.17) is 4.74 Å². The Kier molecular flexibility index (Phi) is 7.99. The molecule has 0 radical (unpaired) electrons. The molecule has 2 aromatic carbocycles. The van der Waals surface area contributed by atoms with Crippen LogP contribution in [0.25, 0.3) is 0 Å². The Bertz CT molecular complexity index is 981. The molecule has 5 heteroatoms. The molecule has 2 atom stereocenters. The first-order chi connectivity index (χ1) is 15.0. The molecule has 0 aliphatic heterocycles. The summed E-state index contributed by atoms with van der Waals surface area (Å²) in [6, 6.07) is 16.4. The molecule has 0 bridgehead atoms. The molecule has 2 unspecified atom stereocenters. The van der Waals surface area contributed by atoms with Crippen molar-refractivity contribution < 1.29 is 9.53 Å². The minimum absolute atomic E-state index is 0.0564. The molecule has 1 heterocycles. The van der Waals surface area contributed by atoms with Crippen LogP contribution in [-0.2, 0) is 35.5 Å². The van der Waals surface area contributed by atoms with Crippen molar-refractivity contribution >= 4 is 5.97 Å². The van der Waals surface area contributed by atoms with Crippen molar-refractivity contribution in [2.24, 2.45) is 5.92 Å². The van der Waals surface area contributed by atoms with Crippen molar-refractivity contribution in [3.8, 4) is 0 Å². The van der Waals surface area contributed by atoms with Crippen molar-refractivity contribution in [1.29, 1.82) is 0 Å². The van der Waals surface area contributed by atoms with E-state index in [0.717, 1.165) is 37.1 Å². The van der Waals surface area contributed by atoms with Gasteiger partial charge < -0.3 is 4.74 Å². The van der Waals surface area contributed by atoms with Crippen LogP contribution in [0.3, 0.4) is 0 Å². The van der Waals surface area contributed by atoms with Crippen LogP contribution in [0.4, 0.5) is 0 Å². The van der Waals surface area contributed by atoms with E-state index in [1.54, 1.807) is 0 Å². The minimum Gasteiger partial charge on any atom is -0.461 e. The molecule has 0 fully saturated rings. The number of ether oxygens (including phenoxy) is 1. The maximum atomic E-state index is 13.0. The van der Waals surface area contributed by atoms with Crippen LogP contribution < -0.4 is 0 Å². The van der Waals surface area contributed by atoms with E-state index in [1.165, 1.54) is 16.7 Å². The number of aromatic nitrogens is 3. The van der Waals surface area contributed by atoms with E-state index in [1.807, 2.05) is 55.1 Å². The molecule has 5 nitrogen and oxygen atoms in total. The van der Waals surface area contributed by atoms with Gasteiger partial charge in [0.1, 0.15) is 6.61 Å². The molecule has 0 N–H and O–H groups in total. The topological polar surface area (TPSA) is 57.0 Å². The zero-order valence-electron chi connectivity index (χ0n) is 19.0. The fraction of sp³-hybridized carbons (Fsp3) is 0.423. The second kappa shape index (κ2) is 10.9. The molecule has 0 aliphatic carbocycles. The van der Waals surface area contributed by atoms with Crippen LogP contribution in [0.2, 0.25) is 0 Å². The van der Waals surface area contributed by atoms with E-state index in [0.29, 0.717) is 6.61 Å². The van der Waals surface area contributed by atoms with Crippen molar-refractivity contribution in [1.82, 2.24) is 15.0 Å². The quantitative estimate of drug-likeness (QED) is 0.420. The Morgan fingerprint density at radius 1 is 1.13 bits per heavy atom. The smallest absolute Gasteiger partial charge is 0.309 e. The molecule has 0 saturated heterocycles. The van der Waals surface area contributed by atoms with Gasteiger partial charge in [0.2, 0.25) is 0 Å². The summed E-state index contributed by atoms with van der Waals surface area (Å²) in [6.45, 7) is 9.43. The van der Waals surface area contributed by atoms with Gasteiger partial charge in [0.05, 0.1) is 11.6 Å². The lowest BCUT2D eigenvalue weighted by atomic mass is 9.82. The third-order valence-corrected chi connectivity index (χ3v) is 6.00. The highest BCUT2D eigenvalue weighted by Gasteiger charge is 2.27. The number of benzene rings is 2. The Morgan fingerprint density at radius 3 is 2.58 bits per heavy atom. The number of carbonyl (C=O) groups excluding carboxylic acids is 1. The first kappa shape index (κ1) is 22.7. The number of nitrogens with zero attached hydrogens (tertiary/aromatic N) is 3. The fourth-order valence-electron chi connectivity index (χ4n) is 3.94. The number of hydrogen-bond acceptors (Lipinski definition) is 4. The third kappa shape index (κ3) is 6.03. The average molecular weight is 420 g/mol. The highest BCUT2D eigenvalue weighted by Crippen LogP contribution is 2.32. The van der Waals surface area contributed by atoms with E-state index in [2.05, 4.69) is 42.4 Å². The summed E-state index contributed by atoms with van der Waals surface area (Å²) in [5, 5.41) is 8.42. The molecular weight excluding hydrogens is 386 g/mol. The normalized spacial score (nSPS) is 13.0. The molecule has 164 valence electrons. The van der Waals surface area contributed by atoms with E-state index in [-0.39, 0.29) is 17.8 Å². The van der Waals surface area contributed by atoms with Gasteiger partial charge in [-0.05, 0) is 61.3 Å². The summed E-state index contributed by atoms with van der Waals surface area (Å²) in [4.78, 5) is 13.0. The second-order valence-electron chi connectivity index (χ2n) is 8.13. The Labute approximate surface area is 185 Å². The molecule has 1 aromatic heterocycles. The lowest BCUT2D eigenvalue weighted by Crippen LogP contribution is -2.23. The Hall–Kier alpha value is -2.95. The van der Waals surface area contributed by atoms with Gasteiger partial charge in [-0.2, -0.15) is 0 Å². The molecule has 3 aromatic rings. The van der Waals surface area contributed by atoms with E-state index < -0.39 is 0 Å². The fourth-order valence-corrected chi connectivity index (χ4v) is 3.94. The summed E-state index contributed by atoms with van der Waals surface area (Å²) in [7, 11) is 0. The SMILES string of the molecule is CCc1cc(C(CCc2cn(CC)nn2)C(C)C(=O)OCc2ccccc2)ccc1C. The van der Waals surface area contributed by atoms with Gasteiger partial charge in [-0.3, -0.25) is 9.48 Å². The predicted octanol–water partition coefficient (Wildman–Crippen LogP) is 5.26. The van der Waals surface area contributed by atoms with Crippen LogP contribution in [0.15, 0.2) is 54.7 Å². The van der Waals surface area contributed by atoms with Crippen molar-refractivity contribution in [2.75, 3.05) is 0 Å². The summed E-state index contributed by atoms with van der Waals surface area (Å²) in [5.41, 5.74) is 5.76. The maximum absolute atomic E-state index is 13.0. The number of rotatable bonds is 10. The first-order valence-electron chi connectivity index (χ1n) is 11.2. The molecule has 0 amide bonds. The van der Waals surface area contributed by atoms with Crippen molar-refractivity contribution in [2.45, 2.75) is 66.0 Å². The summed E-state index contributed by atoms with van der Waals surface area (Å²) < 4.78 is 7.51. The van der Waals surface area contributed by atoms with Gasteiger partial charge in [0.15, 0.2) is 0 Å². The molecular formula is C26H33N3O2. The van der Waals surface area contributed by atoms with Crippen LogP contribution in [0, 0.1) is 12.8 Å². The standard InChI is InChI=1S/C26H33N3O2/c1-5-22-16-23(13-12-19(22)3)25(15-14-24-17-29(6-2)28-27-24)20(4)26(30)31-18-21-10-8-7-9-11-21/h7-13,16-17,20,25H,5-6,14-15,18H2,1-4H3. The lowest BCUT2D eigenvalue weighted by Gasteiger charge is -2.24. The van der Waals surface area contributed by atoms with Gasteiger partial charge in [0, 0.05) is 12.7 Å². The average Bonchev–Trinajstić information content (AvgIpc) is 3.27. The zero-order valence-corrected chi connectivity index (χ0v) is 19.0. The van der Waals surface area contributed by atoms with Crippen molar-refractivity contribution in [3.63, 3.8) is 0 Å². The number of esters is 1.